The molecule has 0 saturated heterocycles. The van der Waals surface area contributed by atoms with Crippen molar-refractivity contribution in [2.45, 2.75) is 47.5 Å². The molecule has 0 nitrogen and oxygen atoms in total. The van der Waals surface area contributed by atoms with Gasteiger partial charge in [-0.05, 0) is 0 Å². The van der Waals surface area contributed by atoms with Crippen molar-refractivity contribution in [1.29, 1.82) is 0 Å². The van der Waals surface area contributed by atoms with Crippen LogP contribution in [-0.4, -0.2) is 0 Å². The van der Waals surface area contributed by atoms with Crippen LogP contribution in [0.2, 0.25) is 0 Å². The van der Waals surface area contributed by atoms with E-state index in [2.05, 4.69) is 96.2 Å². The first-order chi connectivity index (χ1) is 12.9. The van der Waals surface area contributed by atoms with Gasteiger partial charge in [-0.25, -0.2) is 0 Å². The zero-order valence-corrected chi connectivity index (χ0v) is 22.0. The van der Waals surface area contributed by atoms with Crippen molar-refractivity contribution in [3.05, 3.63) is 85.7 Å². The van der Waals surface area contributed by atoms with Crippen LogP contribution in [0, 0.1) is 5.41 Å². The van der Waals surface area contributed by atoms with Gasteiger partial charge in [0.05, 0.1) is 0 Å². The Hall–Kier alpha value is -0.877. The Bertz CT molecular complexity index is 1020. The van der Waals surface area contributed by atoms with E-state index in [1.165, 1.54) is 22.3 Å². The predicted molar refractivity (Wildman–Crippen MR) is 113 cm³/mol. The summed E-state index contributed by atoms with van der Waals surface area (Å²) in [7, 11) is 0. The van der Waals surface area contributed by atoms with E-state index in [4.69, 9.17) is 0 Å². The Morgan fingerprint density at radius 1 is 0.862 bits per heavy atom. The number of fused-ring (bicyclic) bond motifs is 3. The van der Waals surface area contributed by atoms with Crippen LogP contribution < -0.4 is 28.1 Å². The molecule has 0 amide bonds. The SMILES string of the molecule is CC=CC1c2ccccc2-c2ccc[c]([Zr+2][C]3=C(C)C(C)=C(C)C3(C)C)c21.[Cl-].[Cl-]. The third kappa shape index (κ3) is 3.80. The van der Waals surface area contributed by atoms with E-state index in [9.17, 15) is 0 Å². The molecule has 2 aromatic carbocycles. The molecule has 1 unspecified atom stereocenters. The Balaban J connectivity index is 0.00000150. The van der Waals surface area contributed by atoms with Crippen LogP contribution in [0.15, 0.2) is 74.6 Å². The van der Waals surface area contributed by atoms with Gasteiger partial charge in [-0.15, -0.1) is 0 Å². The van der Waals surface area contributed by atoms with E-state index in [-0.39, 0.29) is 30.2 Å². The monoisotopic (exact) mass is 500 g/mol. The molecule has 0 radical (unpaired) electrons. The van der Waals surface area contributed by atoms with Crippen LogP contribution >= 0.6 is 0 Å². The summed E-state index contributed by atoms with van der Waals surface area (Å²) in [6.07, 6.45) is 4.61. The average Bonchev–Trinajstić information content (AvgIpc) is 3.05. The molecule has 0 spiro atoms. The van der Waals surface area contributed by atoms with E-state index < -0.39 is 23.2 Å². The Morgan fingerprint density at radius 3 is 2.14 bits per heavy atom. The fourth-order valence-electron chi connectivity index (χ4n) is 4.78. The minimum atomic E-state index is -0.883. The molecule has 1 atom stereocenters. The quantitative estimate of drug-likeness (QED) is 0.544. The second kappa shape index (κ2) is 9.09. The zero-order valence-electron chi connectivity index (χ0n) is 18.0. The smallest absolute Gasteiger partial charge is 1.00 e. The van der Waals surface area contributed by atoms with Crippen molar-refractivity contribution in [3.8, 4) is 11.1 Å². The number of halogens is 2. The number of hydrogen-bond acceptors (Lipinski definition) is 0. The molecule has 4 rings (SSSR count). The first-order valence-corrected chi connectivity index (χ1v) is 12.4. The van der Waals surface area contributed by atoms with Crippen LogP contribution in [0.5, 0.6) is 0 Å². The van der Waals surface area contributed by atoms with E-state index in [0.29, 0.717) is 5.92 Å². The van der Waals surface area contributed by atoms with Gasteiger partial charge in [-0.1, -0.05) is 0 Å². The molecule has 2 aliphatic rings. The molecule has 0 N–H and O–H groups in total. The topological polar surface area (TPSA) is 0 Å². The molecule has 0 aliphatic heterocycles. The van der Waals surface area contributed by atoms with E-state index in [1.54, 1.807) is 23.3 Å². The van der Waals surface area contributed by atoms with Gasteiger partial charge in [0, 0.05) is 0 Å². The van der Waals surface area contributed by atoms with Crippen LogP contribution in [0.3, 0.4) is 0 Å². The summed E-state index contributed by atoms with van der Waals surface area (Å²) in [4.78, 5) is 0. The maximum atomic E-state index is 2.43. The maximum absolute atomic E-state index is 2.43. The summed E-state index contributed by atoms with van der Waals surface area (Å²) >= 11 is -0.883. The Kier molecular flexibility index (Phi) is 7.65. The minimum Gasteiger partial charge on any atom is -1.00 e. The molecule has 0 saturated carbocycles. The third-order valence-electron chi connectivity index (χ3n) is 6.71. The standard InChI is InChI=1S/C16H13.C10H15.2ClH.Zr/c1-2-7-12-13-8-3-5-10-15(13)16-11-6-4-9-14(12)16;1-7-6-10(4,5)9(3)8(7)2;;;/h2-8,10-12H,1H3;1-5H3;2*1H;/q;;;;+2/p-2. The van der Waals surface area contributed by atoms with Crippen LogP contribution in [0.1, 0.15) is 58.6 Å². The molecular formula is C26H28Cl2Zr. The van der Waals surface area contributed by atoms with Crippen molar-refractivity contribution < 1.29 is 48.0 Å². The largest absolute Gasteiger partial charge is 1.00 e. The minimum absolute atomic E-state index is 0. The third-order valence-corrected chi connectivity index (χ3v) is 11.5. The number of allylic oxidation sites excluding steroid dienone is 6. The second-order valence-electron chi connectivity index (χ2n) is 8.36. The summed E-state index contributed by atoms with van der Waals surface area (Å²) in [6, 6.07) is 16.0. The van der Waals surface area contributed by atoms with E-state index >= 15 is 0 Å². The molecule has 29 heavy (non-hydrogen) atoms. The summed E-state index contributed by atoms with van der Waals surface area (Å²) < 4.78 is 3.41. The van der Waals surface area contributed by atoms with Gasteiger partial charge in [-0.3, -0.25) is 0 Å². The fourth-order valence-corrected chi connectivity index (χ4v) is 9.08. The summed E-state index contributed by atoms with van der Waals surface area (Å²) in [5, 5.41) is 0. The molecule has 0 heterocycles. The molecule has 3 heteroatoms. The predicted octanol–water partition coefficient (Wildman–Crippen LogP) is 0.741. The van der Waals surface area contributed by atoms with Crippen molar-refractivity contribution in [1.82, 2.24) is 0 Å². The van der Waals surface area contributed by atoms with Crippen molar-refractivity contribution in [3.63, 3.8) is 0 Å². The van der Waals surface area contributed by atoms with Gasteiger partial charge in [0.25, 0.3) is 0 Å². The van der Waals surface area contributed by atoms with Gasteiger partial charge in [0.15, 0.2) is 0 Å². The summed E-state index contributed by atoms with van der Waals surface area (Å²) in [5.41, 5.74) is 10.8. The molecule has 0 aromatic heterocycles. The van der Waals surface area contributed by atoms with Crippen molar-refractivity contribution in [2.24, 2.45) is 5.41 Å². The number of hydrogen-bond donors (Lipinski definition) is 0. The Labute approximate surface area is 200 Å². The van der Waals surface area contributed by atoms with Crippen LogP contribution in [0.4, 0.5) is 0 Å². The zero-order chi connectivity index (χ0) is 19.3. The van der Waals surface area contributed by atoms with Crippen LogP contribution in [-0.2, 0) is 23.2 Å². The molecule has 0 bridgehead atoms. The second-order valence-corrected chi connectivity index (χ2v) is 11.5. The van der Waals surface area contributed by atoms with Gasteiger partial charge in [0.1, 0.15) is 0 Å². The summed E-state index contributed by atoms with van der Waals surface area (Å²) in [5.74, 6) is 0.416. The van der Waals surface area contributed by atoms with Gasteiger partial charge in [0.2, 0.25) is 0 Å². The number of rotatable bonds is 3. The van der Waals surface area contributed by atoms with Gasteiger partial charge in [-0.2, -0.15) is 0 Å². The molecule has 2 aromatic rings. The van der Waals surface area contributed by atoms with E-state index in [1.807, 2.05) is 0 Å². The molecule has 150 valence electrons. The first-order valence-electron chi connectivity index (χ1n) is 9.89. The normalized spacial score (nSPS) is 18.9. The molecule has 2 aliphatic carbocycles. The number of benzene rings is 2. The van der Waals surface area contributed by atoms with Crippen molar-refractivity contribution in [2.75, 3.05) is 0 Å². The maximum Gasteiger partial charge on any atom is -1.00 e. The fraction of sp³-hybridized carbons (Fsp3) is 0.308. The molecule has 0 fully saturated rings. The van der Waals surface area contributed by atoms with E-state index in [0.717, 1.165) is 0 Å². The Morgan fingerprint density at radius 2 is 1.52 bits per heavy atom. The van der Waals surface area contributed by atoms with Crippen molar-refractivity contribution >= 4 is 3.27 Å². The molecular weight excluding hydrogens is 474 g/mol. The average molecular weight is 503 g/mol. The van der Waals surface area contributed by atoms with Gasteiger partial charge >= 0.3 is 176 Å². The first kappa shape index (κ1) is 24.4. The van der Waals surface area contributed by atoms with Crippen LogP contribution in [0.25, 0.3) is 11.1 Å². The summed E-state index contributed by atoms with van der Waals surface area (Å²) in [6.45, 7) is 14.0. The van der Waals surface area contributed by atoms with Gasteiger partial charge < -0.3 is 24.8 Å².